The second kappa shape index (κ2) is 15.2. The Kier molecular flexibility index (Phi) is 10.3. The fourth-order valence-corrected chi connectivity index (χ4v) is 7.25. The molecule has 0 radical (unpaired) electrons. The predicted molar refractivity (Wildman–Crippen MR) is 205 cm³/mol. The number of piperidine rings is 2. The molecular weight excluding hydrogens is 667 g/mol. The van der Waals surface area contributed by atoms with Crippen molar-refractivity contribution in [3.05, 3.63) is 108 Å². The van der Waals surface area contributed by atoms with E-state index >= 15 is 0 Å². The molecule has 0 bridgehead atoms. The Balaban J connectivity index is 0.966. The van der Waals surface area contributed by atoms with Gasteiger partial charge in [-0.2, -0.15) is 5.10 Å². The molecule has 0 spiro atoms. The number of hydrogen-bond donors (Lipinski definition) is 3. The second-order valence-corrected chi connectivity index (χ2v) is 15.2. The van der Waals surface area contributed by atoms with Gasteiger partial charge in [0, 0.05) is 42.5 Å². The van der Waals surface area contributed by atoms with Crippen molar-refractivity contribution in [1.29, 1.82) is 0 Å². The molecule has 2 aromatic heterocycles. The number of rotatable bonds is 9. The van der Waals surface area contributed by atoms with E-state index in [-0.39, 0.29) is 17.9 Å². The van der Waals surface area contributed by atoms with Crippen molar-refractivity contribution in [2.75, 3.05) is 18.4 Å². The molecule has 7 rings (SSSR count). The zero-order valence-electron chi connectivity index (χ0n) is 30.8. The number of aryl methyl sites for hydroxylation is 1. The third-order valence-electron chi connectivity index (χ3n) is 10.1. The first-order valence-electron chi connectivity index (χ1n) is 18.4. The summed E-state index contributed by atoms with van der Waals surface area (Å²) in [5.74, 6) is 0.0420. The third-order valence-corrected chi connectivity index (χ3v) is 10.1. The van der Waals surface area contributed by atoms with Crippen molar-refractivity contribution < 1.29 is 19.1 Å². The molecule has 2 fully saturated rings. The highest BCUT2D eigenvalue weighted by Gasteiger charge is 2.27. The molecule has 4 heterocycles. The molecule has 2 saturated heterocycles. The Morgan fingerprint density at radius 3 is 2.47 bits per heavy atom. The van der Waals surface area contributed by atoms with Crippen LogP contribution in [0.1, 0.15) is 74.6 Å². The Bertz CT molecular complexity index is 2130. The van der Waals surface area contributed by atoms with Gasteiger partial charge in [0.1, 0.15) is 18.0 Å². The van der Waals surface area contributed by atoms with Crippen LogP contribution in [0.15, 0.2) is 85.3 Å². The summed E-state index contributed by atoms with van der Waals surface area (Å²) in [4.78, 5) is 43.0. The van der Waals surface area contributed by atoms with Crippen molar-refractivity contribution in [3.63, 3.8) is 0 Å². The summed E-state index contributed by atoms with van der Waals surface area (Å²) in [6.45, 7) is 10.9. The fourth-order valence-electron chi connectivity index (χ4n) is 7.25. The number of benzene rings is 3. The molecule has 3 amide bonds. The van der Waals surface area contributed by atoms with E-state index in [9.17, 15) is 14.4 Å². The van der Waals surface area contributed by atoms with E-state index in [4.69, 9.17) is 4.74 Å². The normalized spacial score (nSPS) is 17.1. The van der Waals surface area contributed by atoms with E-state index in [1.165, 1.54) is 11.1 Å². The molecular formula is C42H47N7O4. The Labute approximate surface area is 310 Å². The third kappa shape index (κ3) is 8.74. The average Bonchev–Trinajstić information content (AvgIpc) is 3.57. The number of likely N-dealkylation sites (tertiary alicyclic amines) is 1. The van der Waals surface area contributed by atoms with E-state index in [2.05, 4.69) is 85.7 Å². The first-order valence-corrected chi connectivity index (χ1v) is 18.4. The molecule has 5 aromatic rings. The average molecular weight is 714 g/mol. The minimum Gasteiger partial charge on any atom is -0.444 e. The molecule has 0 aliphatic carbocycles. The number of carbonyl (C=O) groups excluding carboxylic acids is 3. The molecule has 2 aliphatic rings. The zero-order chi connectivity index (χ0) is 37.1. The number of nitrogens with zero attached hydrogens (tertiary/aromatic N) is 4. The van der Waals surface area contributed by atoms with Gasteiger partial charge in [-0.25, -0.2) is 14.3 Å². The van der Waals surface area contributed by atoms with Crippen LogP contribution in [0.2, 0.25) is 0 Å². The number of amides is 3. The maximum atomic E-state index is 12.2. The summed E-state index contributed by atoms with van der Waals surface area (Å²) in [6, 6.07) is 25.1. The topological polar surface area (TPSA) is 130 Å². The summed E-state index contributed by atoms with van der Waals surface area (Å²) in [5, 5.41) is 13.0. The van der Waals surface area contributed by atoms with Crippen LogP contribution in [0.5, 0.6) is 0 Å². The van der Waals surface area contributed by atoms with Gasteiger partial charge in [-0.3, -0.25) is 19.8 Å². The van der Waals surface area contributed by atoms with Crippen molar-refractivity contribution in [2.45, 2.75) is 84.0 Å². The number of anilines is 1. The molecule has 53 heavy (non-hydrogen) atoms. The summed E-state index contributed by atoms with van der Waals surface area (Å²) in [6.07, 6.45) is 6.27. The first kappa shape index (κ1) is 35.8. The Hall–Kier alpha value is -5.55. The number of imide groups is 1. The summed E-state index contributed by atoms with van der Waals surface area (Å²) in [5.41, 5.74) is 9.99. The molecule has 11 nitrogen and oxygen atoms in total. The lowest BCUT2D eigenvalue weighted by molar-refractivity contribution is -0.133. The fraction of sp³-hybridized carbons (Fsp3) is 0.357. The number of ether oxygens (including phenoxy) is 1. The lowest BCUT2D eigenvalue weighted by atomic mass is 9.89. The molecule has 3 aromatic carbocycles. The standard InChI is InChI=1S/C42H47N7O4/c1-27-20-32(8-9-33(27)23-43-41(52)53-42(2,3)4)39-37-22-34(25-49(37)45-26-44-39)31-7-5-6-28(21-31)24-48-18-16-30(17-19-48)29-10-12-35(13-11-29)46-36-14-15-38(50)47-40(36)51/h5-13,20-22,25-26,30,36,46H,14-19,23-24H2,1-4H3,(H,43,52)(H,47,50,51). The van der Waals surface area contributed by atoms with E-state index in [1.807, 2.05) is 56.5 Å². The Morgan fingerprint density at radius 2 is 1.74 bits per heavy atom. The monoisotopic (exact) mass is 713 g/mol. The van der Waals surface area contributed by atoms with Gasteiger partial charge < -0.3 is 15.4 Å². The zero-order valence-corrected chi connectivity index (χ0v) is 30.8. The number of carbonyl (C=O) groups is 3. The molecule has 2 aliphatic heterocycles. The highest BCUT2D eigenvalue weighted by Crippen LogP contribution is 2.32. The number of fused-ring (bicyclic) bond motifs is 1. The molecule has 3 N–H and O–H groups in total. The van der Waals surface area contributed by atoms with Crippen molar-refractivity contribution >= 4 is 29.1 Å². The lowest BCUT2D eigenvalue weighted by Crippen LogP contribution is -2.47. The van der Waals surface area contributed by atoms with Gasteiger partial charge in [0.05, 0.1) is 11.2 Å². The van der Waals surface area contributed by atoms with Crippen LogP contribution < -0.4 is 16.0 Å². The highest BCUT2D eigenvalue weighted by molar-refractivity contribution is 6.01. The van der Waals surface area contributed by atoms with Gasteiger partial charge in [0.2, 0.25) is 11.8 Å². The van der Waals surface area contributed by atoms with Crippen LogP contribution in [-0.2, 0) is 27.4 Å². The van der Waals surface area contributed by atoms with Crippen molar-refractivity contribution in [3.8, 4) is 22.4 Å². The summed E-state index contributed by atoms with van der Waals surface area (Å²) >= 11 is 0. The lowest BCUT2D eigenvalue weighted by Gasteiger charge is -2.32. The number of nitrogens with one attached hydrogen (secondary N) is 3. The minimum atomic E-state index is -0.546. The van der Waals surface area contributed by atoms with Crippen molar-refractivity contribution in [2.24, 2.45) is 0 Å². The van der Waals surface area contributed by atoms with E-state index in [0.29, 0.717) is 25.3 Å². The molecule has 274 valence electrons. The maximum absolute atomic E-state index is 12.2. The quantitative estimate of drug-likeness (QED) is 0.139. The highest BCUT2D eigenvalue weighted by atomic mass is 16.6. The minimum absolute atomic E-state index is 0.204. The SMILES string of the molecule is Cc1cc(-c2ncnn3cc(-c4cccc(CN5CCC(c6ccc(NC7CCC(=O)NC7=O)cc6)CC5)c4)cc23)ccc1CNC(=O)OC(C)(C)C. The second-order valence-electron chi connectivity index (χ2n) is 15.2. The van der Waals surface area contributed by atoms with E-state index < -0.39 is 11.7 Å². The van der Waals surface area contributed by atoms with Gasteiger partial charge >= 0.3 is 6.09 Å². The number of hydrogen-bond acceptors (Lipinski definition) is 8. The van der Waals surface area contributed by atoms with Gasteiger partial charge in [-0.15, -0.1) is 0 Å². The van der Waals surface area contributed by atoms with Crippen LogP contribution in [-0.4, -0.2) is 62.1 Å². The van der Waals surface area contributed by atoms with Gasteiger partial charge in [0.15, 0.2) is 0 Å². The predicted octanol–water partition coefficient (Wildman–Crippen LogP) is 6.99. The summed E-state index contributed by atoms with van der Waals surface area (Å²) in [7, 11) is 0. The number of aromatic nitrogens is 3. The van der Waals surface area contributed by atoms with Crippen molar-refractivity contribution in [1.82, 2.24) is 30.1 Å². The molecule has 1 atom stereocenters. The molecule has 1 unspecified atom stereocenters. The maximum Gasteiger partial charge on any atom is 0.407 e. The first-order chi connectivity index (χ1) is 25.5. The Morgan fingerprint density at radius 1 is 0.943 bits per heavy atom. The van der Waals surface area contributed by atoms with Crippen LogP contribution in [0.4, 0.5) is 10.5 Å². The van der Waals surface area contributed by atoms with Gasteiger partial charge in [-0.1, -0.05) is 42.5 Å². The van der Waals surface area contributed by atoms with E-state index in [0.717, 1.165) is 77.2 Å². The number of alkyl carbamates (subject to hydrolysis) is 1. The van der Waals surface area contributed by atoms with Gasteiger partial charge in [0.25, 0.3) is 0 Å². The van der Waals surface area contributed by atoms with Crippen LogP contribution in [0, 0.1) is 6.92 Å². The van der Waals surface area contributed by atoms with Crippen LogP contribution >= 0.6 is 0 Å². The smallest absolute Gasteiger partial charge is 0.407 e. The van der Waals surface area contributed by atoms with Gasteiger partial charge in [-0.05, 0) is 124 Å². The summed E-state index contributed by atoms with van der Waals surface area (Å²) < 4.78 is 7.27. The molecule has 11 heteroatoms. The van der Waals surface area contributed by atoms with Crippen LogP contribution in [0.3, 0.4) is 0 Å². The van der Waals surface area contributed by atoms with E-state index in [1.54, 1.807) is 6.33 Å². The largest absolute Gasteiger partial charge is 0.444 e. The van der Waals surface area contributed by atoms with Crippen LogP contribution in [0.25, 0.3) is 27.9 Å². The molecule has 0 saturated carbocycles.